The van der Waals surface area contributed by atoms with Crippen molar-refractivity contribution in [3.8, 4) is 0 Å². The Bertz CT molecular complexity index is 532. The van der Waals surface area contributed by atoms with Crippen LogP contribution in [-0.2, 0) is 19.4 Å². The highest BCUT2D eigenvalue weighted by atomic mass is 32.2. The highest BCUT2D eigenvalue weighted by Gasteiger charge is 2.31. The molecule has 1 fully saturated rings. The number of likely N-dealkylation sites (tertiary alicyclic amines) is 1. The van der Waals surface area contributed by atoms with Crippen LogP contribution in [-0.4, -0.2) is 67.5 Å². The minimum absolute atomic E-state index is 0.138. The third kappa shape index (κ3) is 5.58. The minimum atomic E-state index is -3.32. The molecule has 1 heterocycles. The molecule has 2 atom stereocenters. The van der Waals surface area contributed by atoms with Crippen molar-refractivity contribution in [1.29, 1.82) is 0 Å². The maximum Gasteiger partial charge on any atom is 0.326 e. The molecule has 0 spiro atoms. The first-order chi connectivity index (χ1) is 9.60. The van der Waals surface area contributed by atoms with E-state index in [2.05, 4.69) is 5.32 Å². The number of nitrogens with two attached hydrogens (primary N) is 1. The third-order valence-corrected chi connectivity index (χ3v) is 4.23. The Morgan fingerprint density at radius 2 is 2.05 bits per heavy atom. The molecule has 0 aromatic rings. The Morgan fingerprint density at radius 1 is 1.43 bits per heavy atom. The molecule has 4 N–H and O–H groups in total. The van der Waals surface area contributed by atoms with Gasteiger partial charge in [-0.05, 0) is 12.8 Å². The molecular formula is C11H19N3O6S. The summed E-state index contributed by atoms with van der Waals surface area (Å²) in [7, 11) is -3.32. The first kappa shape index (κ1) is 17.2. The summed E-state index contributed by atoms with van der Waals surface area (Å²) in [5.41, 5.74) is 5.15. The number of carbonyl (C=O) groups is 3. The largest absolute Gasteiger partial charge is 0.480 e. The predicted molar refractivity (Wildman–Crippen MR) is 73.2 cm³/mol. The molecule has 0 saturated carbocycles. The van der Waals surface area contributed by atoms with Crippen LogP contribution >= 0.6 is 0 Å². The summed E-state index contributed by atoms with van der Waals surface area (Å²) < 4.78 is 22.1. The lowest BCUT2D eigenvalue weighted by Gasteiger charge is -2.20. The molecule has 2 unspecified atom stereocenters. The summed E-state index contributed by atoms with van der Waals surface area (Å²) in [6.07, 6.45) is 1.21. The van der Waals surface area contributed by atoms with E-state index in [0.29, 0.717) is 13.0 Å². The van der Waals surface area contributed by atoms with Crippen LogP contribution in [0.3, 0.4) is 0 Å². The monoisotopic (exact) mass is 321 g/mol. The lowest BCUT2D eigenvalue weighted by atomic mass is 10.1. The number of rotatable bonds is 6. The van der Waals surface area contributed by atoms with Gasteiger partial charge in [0.25, 0.3) is 0 Å². The number of hydrogen-bond donors (Lipinski definition) is 3. The molecule has 1 aliphatic heterocycles. The number of primary amides is 1. The Morgan fingerprint density at radius 3 is 2.48 bits per heavy atom. The average Bonchev–Trinajstić information content (AvgIpc) is 2.82. The number of sulfone groups is 1. The van der Waals surface area contributed by atoms with Gasteiger partial charge >= 0.3 is 12.0 Å². The Hall–Kier alpha value is -1.84. The van der Waals surface area contributed by atoms with Crippen LogP contribution in [0.1, 0.15) is 12.8 Å². The average molecular weight is 321 g/mol. The zero-order chi connectivity index (χ0) is 16.2. The SMILES string of the molecule is CS(=O)(=O)CCC(NC(=O)N1CCC(C(N)=O)C1)C(=O)O. The zero-order valence-electron chi connectivity index (χ0n) is 11.6. The molecule has 120 valence electrons. The number of urea groups is 1. The molecule has 21 heavy (non-hydrogen) atoms. The molecule has 10 heteroatoms. The van der Waals surface area contributed by atoms with Gasteiger partial charge in [-0.3, -0.25) is 4.79 Å². The normalized spacial score (nSPS) is 20.0. The van der Waals surface area contributed by atoms with Crippen molar-refractivity contribution in [2.24, 2.45) is 11.7 Å². The predicted octanol–water partition coefficient (Wildman–Crippen LogP) is -1.61. The lowest BCUT2D eigenvalue weighted by Crippen LogP contribution is -2.48. The Balaban J connectivity index is 2.57. The van der Waals surface area contributed by atoms with Gasteiger partial charge in [-0.15, -0.1) is 0 Å². The van der Waals surface area contributed by atoms with E-state index >= 15 is 0 Å². The molecular weight excluding hydrogens is 302 g/mol. The standard InChI is InChI=1S/C11H19N3O6S/c1-21(19,20)5-3-8(10(16)17)13-11(18)14-4-2-7(6-14)9(12)15/h7-8H,2-6H2,1H3,(H2,12,15)(H,13,18)(H,16,17). The number of nitrogens with zero attached hydrogens (tertiary/aromatic N) is 1. The van der Waals surface area contributed by atoms with E-state index in [9.17, 15) is 22.8 Å². The van der Waals surface area contributed by atoms with Crippen molar-refractivity contribution in [2.45, 2.75) is 18.9 Å². The van der Waals surface area contributed by atoms with E-state index in [1.807, 2.05) is 0 Å². The molecule has 3 amide bonds. The van der Waals surface area contributed by atoms with E-state index in [1.165, 1.54) is 4.90 Å². The zero-order valence-corrected chi connectivity index (χ0v) is 12.4. The van der Waals surface area contributed by atoms with Crippen molar-refractivity contribution < 1.29 is 27.9 Å². The van der Waals surface area contributed by atoms with Crippen molar-refractivity contribution in [3.05, 3.63) is 0 Å². The second-order valence-corrected chi connectivity index (χ2v) is 7.35. The molecule has 0 aromatic heterocycles. The van der Waals surface area contributed by atoms with Gasteiger partial charge in [0.05, 0.1) is 11.7 Å². The number of carboxylic acids is 1. The first-order valence-electron chi connectivity index (χ1n) is 6.35. The summed E-state index contributed by atoms with van der Waals surface area (Å²) in [5, 5.41) is 11.3. The maximum absolute atomic E-state index is 11.9. The second-order valence-electron chi connectivity index (χ2n) is 5.09. The van der Waals surface area contributed by atoms with Gasteiger partial charge in [0.15, 0.2) is 0 Å². The number of carbonyl (C=O) groups excluding carboxylic acids is 2. The molecule has 0 bridgehead atoms. The first-order valence-corrected chi connectivity index (χ1v) is 8.41. The topological polar surface area (TPSA) is 147 Å². The maximum atomic E-state index is 11.9. The highest BCUT2D eigenvalue weighted by molar-refractivity contribution is 7.90. The van der Waals surface area contributed by atoms with Crippen molar-refractivity contribution in [2.75, 3.05) is 25.1 Å². The van der Waals surface area contributed by atoms with E-state index in [4.69, 9.17) is 10.8 Å². The number of hydrogen-bond acceptors (Lipinski definition) is 5. The van der Waals surface area contributed by atoms with Gasteiger partial charge in [-0.25, -0.2) is 18.0 Å². The molecule has 9 nitrogen and oxygen atoms in total. The summed E-state index contributed by atoms with van der Waals surface area (Å²) in [6, 6.07) is -1.93. The van der Waals surface area contributed by atoms with E-state index in [-0.39, 0.29) is 18.7 Å². The third-order valence-electron chi connectivity index (χ3n) is 3.25. The highest BCUT2D eigenvalue weighted by Crippen LogP contribution is 2.15. The van der Waals surface area contributed by atoms with Gasteiger partial charge < -0.3 is 21.1 Å². The summed E-state index contributed by atoms with van der Waals surface area (Å²) in [5.74, 6) is -2.58. The van der Waals surface area contributed by atoms with Gasteiger partial charge in [0.1, 0.15) is 15.9 Å². The summed E-state index contributed by atoms with van der Waals surface area (Å²) >= 11 is 0. The molecule has 0 aliphatic carbocycles. The smallest absolute Gasteiger partial charge is 0.326 e. The molecule has 1 rings (SSSR count). The van der Waals surface area contributed by atoms with Crippen LogP contribution in [0.25, 0.3) is 0 Å². The molecule has 1 saturated heterocycles. The van der Waals surface area contributed by atoms with Crippen molar-refractivity contribution in [1.82, 2.24) is 10.2 Å². The van der Waals surface area contributed by atoms with Crippen LogP contribution in [0.4, 0.5) is 4.79 Å². The van der Waals surface area contributed by atoms with Crippen LogP contribution in [0.15, 0.2) is 0 Å². The van der Waals surface area contributed by atoms with Gasteiger partial charge in [0.2, 0.25) is 5.91 Å². The van der Waals surface area contributed by atoms with Crippen LogP contribution in [0.5, 0.6) is 0 Å². The van der Waals surface area contributed by atoms with E-state index < -0.39 is 39.7 Å². The quantitative estimate of drug-likeness (QED) is 0.536. The Labute approximate surface area is 122 Å². The Kier molecular flexibility index (Phi) is 5.53. The van der Waals surface area contributed by atoms with Crippen LogP contribution < -0.4 is 11.1 Å². The van der Waals surface area contributed by atoms with Crippen molar-refractivity contribution in [3.63, 3.8) is 0 Å². The second kappa shape index (κ2) is 6.74. The number of nitrogens with one attached hydrogen (secondary N) is 1. The lowest BCUT2D eigenvalue weighted by molar-refractivity contribution is -0.139. The number of amides is 3. The molecule has 0 radical (unpaired) electrons. The number of aliphatic carboxylic acids is 1. The number of carboxylic acid groups (broad SMARTS) is 1. The molecule has 0 aromatic carbocycles. The minimum Gasteiger partial charge on any atom is -0.480 e. The summed E-state index contributed by atoms with van der Waals surface area (Å²) in [4.78, 5) is 35.3. The fourth-order valence-corrected chi connectivity index (χ4v) is 2.67. The van der Waals surface area contributed by atoms with Gasteiger partial charge in [0, 0.05) is 19.3 Å². The summed E-state index contributed by atoms with van der Waals surface area (Å²) in [6.45, 7) is 0.442. The van der Waals surface area contributed by atoms with Crippen LogP contribution in [0, 0.1) is 5.92 Å². The fraction of sp³-hybridized carbons (Fsp3) is 0.727. The van der Waals surface area contributed by atoms with Gasteiger partial charge in [-0.1, -0.05) is 0 Å². The fourth-order valence-electron chi connectivity index (χ4n) is 2.01. The van der Waals surface area contributed by atoms with E-state index in [1.54, 1.807) is 0 Å². The van der Waals surface area contributed by atoms with Crippen LogP contribution in [0.2, 0.25) is 0 Å². The van der Waals surface area contributed by atoms with Gasteiger partial charge in [-0.2, -0.15) is 0 Å². The molecule has 1 aliphatic rings. The van der Waals surface area contributed by atoms with Crippen molar-refractivity contribution >= 4 is 27.7 Å². The van der Waals surface area contributed by atoms with E-state index in [0.717, 1.165) is 6.26 Å².